The summed E-state index contributed by atoms with van der Waals surface area (Å²) in [5, 5.41) is 6.48. The molecule has 0 aliphatic heterocycles. The lowest BCUT2D eigenvalue weighted by Crippen LogP contribution is -2.17. The Labute approximate surface area is 124 Å². The quantitative estimate of drug-likeness (QED) is 0.902. The molecule has 0 saturated heterocycles. The van der Waals surface area contributed by atoms with Crippen LogP contribution in [0, 0.1) is 6.92 Å². The first kappa shape index (κ1) is 14.4. The van der Waals surface area contributed by atoms with Crippen LogP contribution in [0.15, 0.2) is 42.5 Å². The molecule has 2 rings (SSSR count). The highest BCUT2D eigenvalue weighted by molar-refractivity contribution is 6.33. The van der Waals surface area contributed by atoms with Crippen LogP contribution >= 0.6 is 11.6 Å². The van der Waals surface area contributed by atoms with Crippen molar-refractivity contribution >= 4 is 23.2 Å². The normalized spacial score (nSPS) is 10.2. The van der Waals surface area contributed by atoms with E-state index in [0.717, 1.165) is 5.69 Å². The highest BCUT2D eigenvalue weighted by Gasteiger charge is 2.07. The van der Waals surface area contributed by atoms with Crippen LogP contribution in [-0.2, 0) is 6.54 Å². The molecular formula is C16H17ClN2O. The number of anilines is 1. The van der Waals surface area contributed by atoms with Crippen LogP contribution in [0.1, 0.15) is 21.5 Å². The molecule has 0 atom stereocenters. The molecule has 20 heavy (non-hydrogen) atoms. The summed E-state index contributed by atoms with van der Waals surface area (Å²) in [6.45, 7) is 2.74. The van der Waals surface area contributed by atoms with Crippen LogP contribution in [0.4, 0.5) is 5.69 Å². The lowest BCUT2D eigenvalue weighted by Gasteiger charge is -2.11. The number of hydrogen-bond donors (Lipinski definition) is 2. The van der Waals surface area contributed by atoms with Gasteiger partial charge in [-0.25, -0.2) is 0 Å². The van der Waals surface area contributed by atoms with Gasteiger partial charge in [0.25, 0.3) is 5.91 Å². The van der Waals surface area contributed by atoms with Gasteiger partial charge in [-0.15, -0.1) is 0 Å². The van der Waals surface area contributed by atoms with Gasteiger partial charge in [-0.1, -0.05) is 35.9 Å². The Hall–Kier alpha value is -2.00. The van der Waals surface area contributed by atoms with Crippen LogP contribution in [0.25, 0.3) is 0 Å². The van der Waals surface area contributed by atoms with Gasteiger partial charge in [0.15, 0.2) is 0 Å². The molecular weight excluding hydrogens is 272 g/mol. The van der Waals surface area contributed by atoms with E-state index in [4.69, 9.17) is 11.6 Å². The molecule has 3 nitrogen and oxygen atoms in total. The van der Waals surface area contributed by atoms with E-state index < -0.39 is 0 Å². The zero-order chi connectivity index (χ0) is 14.5. The van der Waals surface area contributed by atoms with Gasteiger partial charge >= 0.3 is 0 Å². The van der Waals surface area contributed by atoms with Crippen LogP contribution in [0.5, 0.6) is 0 Å². The summed E-state index contributed by atoms with van der Waals surface area (Å²) < 4.78 is 0. The molecule has 2 aromatic carbocycles. The molecule has 4 heteroatoms. The lowest BCUT2D eigenvalue weighted by molar-refractivity contribution is 0.0963. The predicted octanol–water partition coefficient (Wildman–Crippen LogP) is 3.62. The van der Waals surface area contributed by atoms with E-state index in [1.165, 1.54) is 11.1 Å². The Morgan fingerprint density at radius 2 is 1.95 bits per heavy atom. The summed E-state index contributed by atoms with van der Waals surface area (Å²) in [5.41, 5.74) is 3.77. The maximum Gasteiger partial charge on any atom is 0.251 e. The standard InChI is InChI=1S/C16H17ClN2O/c1-11-5-3-4-6-13(11)10-19-15-9-12(16(20)18-2)7-8-14(15)17/h3-9,19H,10H2,1-2H3,(H,18,20). The monoisotopic (exact) mass is 288 g/mol. The van der Waals surface area contributed by atoms with Gasteiger partial charge in [-0.05, 0) is 36.2 Å². The molecule has 1 amide bonds. The first-order chi connectivity index (χ1) is 9.61. The van der Waals surface area contributed by atoms with Crippen molar-refractivity contribution in [3.8, 4) is 0 Å². The maximum absolute atomic E-state index is 11.6. The Morgan fingerprint density at radius 1 is 1.20 bits per heavy atom. The Morgan fingerprint density at radius 3 is 2.65 bits per heavy atom. The summed E-state index contributed by atoms with van der Waals surface area (Å²) in [6.07, 6.45) is 0. The SMILES string of the molecule is CNC(=O)c1ccc(Cl)c(NCc2ccccc2C)c1. The van der Waals surface area contributed by atoms with Crippen molar-refractivity contribution in [3.05, 3.63) is 64.2 Å². The van der Waals surface area contributed by atoms with E-state index in [-0.39, 0.29) is 5.91 Å². The van der Waals surface area contributed by atoms with Gasteiger partial charge in [-0.2, -0.15) is 0 Å². The minimum Gasteiger partial charge on any atom is -0.380 e. The second kappa shape index (κ2) is 6.44. The van der Waals surface area contributed by atoms with E-state index in [1.54, 1.807) is 25.2 Å². The molecule has 0 radical (unpaired) electrons. The number of halogens is 1. The molecule has 0 aliphatic rings. The predicted molar refractivity (Wildman–Crippen MR) is 83.3 cm³/mol. The van der Waals surface area contributed by atoms with Crippen molar-refractivity contribution in [1.82, 2.24) is 5.32 Å². The molecule has 0 aromatic heterocycles. The fraction of sp³-hybridized carbons (Fsp3) is 0.188. The molecule has 0 aliphatic carbocycles. The van der Waals surface area contributed by atoms with Crippen LogP contribution < -0.4 is 10.6 Å². The van der Waals surface area contributed by atoms with Gasteiger partial charge in [-0.3, -0.25) is 4.79 Å². The maximum atomic E-state index is 11.6. The fourth-order valence-electron chi connectivity index (χ4n) is 1.95. The zero-order valence-electron chi connectivity index (χ0n) is 11.5. The first-order valence-corrected chi connectivity index (χ1v) is 6.79. The molecule has 0 unspecified atom stereocenters. The highest BCUT2D eigenvalue weighted by Crippen LogP contribution is 2.24. The number of rotatable bonds is 4. The highest BCUT2D eigenvalue weighted by atomic mass is 35.5. The minimum atomic E-state index is -0.124. The van der Waals surface area contributed by atoms with Crippen LogP contribution in [0.3, 0.4) is 0 Å². The van der Waals surface area contributed by atoms with Crippen LogP contribution in [0.2, 0.25) is 5.02 Å². The third kappa shape index (κ3) is 3.31. The van der Waals surface area contributed by atoms with E-state index in [9.17, 15) is 4.79 Å². The zero-order valence-corrected chi connectivity index (χ0v) is 12.3. The van der Waals surface area contributed by atoms with Crippen molar-refractivity contribution in [2.24, 2.45) is 0 Å². The summed E-state index contributed by atoms with van der Waals surface area (Å²) in [7, 11) is 1.61. The average molecular weight is 289 g/mol. The molecule has 2 N–H and O–H groups in total. The summed E-state index contributed by atoms with van der Waals surface area (Å²) >= 11 is 6.16. The number of nitrogens with one attached hydrogen (secondary N) is 2. The first-order valence-electron chi connectivity index (χ1n) is 6.42. The molecule has 104 valence electrons. The lowest BCUT2D eigenvalue weighted by atomic mass is 10.1. The smallest absolute Gasteiger partial charge is 0.251 e. The molecule has 2 aromatic rings. The summed E-state index contributed by atoms with van der Waals surface area (Å²) in [4.78, 5) is 11.6. The molecule has 0 fully saturated rings. The summed E-state index contributed by atoms with van der Waals surface area (Å²) in [6, 6.07) is 13.4. The van der Waals surface area contributed by atoms with Gasteiger partial charge in [0.1, 0.15) is 0 Å². The third-order valence-electron chi connectivity index (χ3n) is 3.19. The number of carbonyl (C=O) groups is 1. The van der Waals surface area contributed by atoms with Crippen molar-refractivity contribution in [2.45, 2.75) is 13.5 Å². The molecule has 0 bridgehead atoms. The van der Waals surface area contributed by atoms with Gasteiger partial charge in [0.05, 0.1) is 10.7 Å². The second-order valence-corrected chi connectivity index (χ2v) is 4.96. The van der Waals surface area contributed by atoms with Crippen LogP contribution in [-0.4, -0.2) is 13.0 Å². The summed E-state index contributed by atoms with van der Waals surface area (Å²) in [5.74, 6) is -0.124. The number of benzene rings is 2. The Balaban J connectivity index is 2.17. The number of aryl methyl sites for hydroxylation is 1. The van der Waals surface area contributed by atoms with E-state index in [0.29, 0.717) is 17.1 Å². The van der Waals surface area contributed by atoms with Crippen molar-refractivity contribution in [1.29, 1.82) is 0 Å². The number of amides is 1. The second-order valence-electron chi connectivity index (χ2n) is 4.55. The van der Waals surface area contributed by atoms with Crippen molar-refractivity contribution < 1.29 is 4.79 Å². The third-order valence-corrected chi connectivity index (χ3v) is 3.52. The Bertz CT molecular complexity index is 626. The van der Waals surface area contributed by atoms with E-state index in [2.05, 4.69) is 29.7 Å². The number of carbonyl (C=O) groups excluding carboxylic acids is 1. The van der Waals surface area contributed by atoms with Gasteiger partial charge in [0, 0.05) is 19.2 Å². The van der Waals surface area contributed by atoms with Gasteiger partial charge < -0.3 is 10.6 Å². The molecule has 0 saturated carbocycles. The molecule has 0 spiro atoms. The Kier molecular flexibility index (Phi) is 4.64. The largest absolute Gasteiger partial charge is 0.380 e. The van der Waals surface area contributed by atoms with E-state index in [1.807, 2.05) is 12.1 Å². The molecule has 0 heterocycles. The fourth-order valence-corrected chi connectivity index (χ4v) is 2.13. The van der Waals surface area contributed by atoms with Crippen molar-refractivity contribution in [2.75, 3.05) is 12.4 Å². The topological polar surface area (TPSA) is 41.1 Å². The van der Waals surface area contributed by atoms with Gasteiger partial charge in [0.2, 0.25) is 0 Å². The van der Waals surface area contributed by atoms with Crippen molar-refractivity contribution in [3.63, 3.8) is 0 Å². The average Bonchev–Trinajstić information content (AvgIpc) is 2.47. The van der Waals surface area contributed by atoms with E-state index >= 15 is 0 Å². The minimum absolute atomic E-state index is 0.124. The number of hydrogen-bond acceptors (Lipinski definition) is 2.